The Balaban J connectivity index is 2.19. The molecule has 1 N–H and O–H groups in total. The number of ether oxygens (including phenoxy) is 2. The van der Waals surface area contributed by atoms with Crippen LogP contribution in [0.4, 0.5) is 0 Å². The monoisotopic (exact) mass is 306 g/mol. The molecule has 0 bridgehead atoms. The first-order valence-corrected chi connectivity index (χ1v) is 7.38. The van der Waals surface area contributed by atoms with Crippen LogP contribution in [0.3, 0.4) is 0 Å². The molecule has 5 heteroatoms. The Morgan fingerprint density at radius 2 is 1.86 bits per heavy atom. The maximum Gasteiger partial charge on any atom is 0.219 e. The van der Waals surface area contributed by atoms with E-state index in [0.717, 1.165) is 12.2 Å². The van der Waals surface area contributed by atoms with Gasteiger partial charge >= 0.3 is 0 Å². The van der Waals surface area contributed by atoms with E-state index in [4.69, 9.17) is 21.1 Å². The van der Waals surface area contributed by atoms with Gasteiger partial charge in [0, 0.05) is 12.6 Å². The molecule has 1 aromatic heterocycles. The van der Waals surface area contributed by atoms with Crippen molar-refractivity contribution in [2.75, 3.05) is 13.2 Å². The highest BCUT2D eigenvalue weighted by atomic mass is 35.5. The minimum absolute atomic E-state index is 0.499. The number of nitrogens with one attached hydrogen (secondary N) is 1. The fraction of sp³-hybridized carbons (Fsp3) is 0.312. The van der Waals surface area contributed by atoms with Crippen molar-refractivity contribution in [3.63, 3.8) is 0 Å². The average Bonchev–Trinajstić information content (AvgIpc) is 2.50. The van der Waals surface area contributed by atoms with Gasteiger partial charge in [0.2, 0.25) is 5.88 Å². The van der Waals surface area contributed by atoms with Crippen molar-refractivity contribution in [2.24, 2.45) is 0 Å². The summed E-state index contributed by atoms with van der Waals surface area (Å²) >= 11 is 6.13. The van der Waals surface area contributed by atoms with E-state index < -0.39 is 0 Å². The van der Waals surface area contributed by atoms with Gasteiger partial charge in [0.15, 0.2) is 11.5 Å². The van der Waals surface area contributed by atoms with Gasteiger partial charge in [-0.25, -0.2) is 4.98 Å². The highest BCUT2D eigenvalue weighted by Gasteiger charge is 2.08. The zero-order chi connectivity index (χ0) is 15.1. The molecule has 21 heavy (non-hydrogen) atoms. The fourth-order valence-electron chi connectivity index (χ4n) is 1.81. The van der Waals surface area contributed by atoms with Crippen LogP contribution in [0.5, 0.6) is 17.4 Å². The molecule has 2 rings (SSSR count). The second-order valence-electron chi connectivity index (χ2n) is 4.34. The summed E-state index contributed by atoms with van der Waals surface area (Å²) in [5, 5.41) is 3.83. The number of aromatic nitrogens is 1. The quantitative estimate of drug-likeness (QED) is 0.838. The number of halogens is 1. The number of benzene rings is 1. The van der Waals surface area contributed by atoms with Crippen LogP contribution < -0.4 is 14.8 Å². The molecular formula is C16H19ClN2O2. The number of pyridine rings is 1. The van der Waals surface area contributed by atoms with Gasteiger partial charge in [0.05, 0.1) is 17.3 Å². The van der Waals surface area contributed by atoms with E-state index in [1.807, 2.05) is 38.1 Å². The number of nitrogens with zero attached hydrogens (tertiary/aromatic N) is 1. The molecule has 0 radical (unpaired) electrons. The predicted molar refractivity (Wildman–Crippen MR) is 84.3 cm³/mol. The molecule has 0 amide bonds. The van der Waals surface area contributed by atoms with Gasteiger partial charge in [-0.15, -0.1) is 0 Å². The van der Waals surface area contributed by atoms with Crippen LogP contribution in [-0.4, -0.2) is 18.1 Å². The van der Waals surface area contributed by atoms with Gasteiger partial charge in [-0.05, 0) is 31.7 Å². The van der Waals surface area contributed by atoms with E-state index in [-0.39, 0.29) is 0 Å². The van der Waals surface area contributed by atoms with E-state index in [1.54, 1.807) is 12.1 Å². The minimum Gasteiger partial charge on any atom is -0.490 e. The molecule has 0 aliphatic heterocycles. The maximum absolute atomic E-state index is 6.13. The molecule has 0 fully saturated rings. The smallest absolute Gasteiger partial charge is 0.219 e. The molecule has 4 nitrogen and oxygen atoms in total. The normalized spacial score (nSPS) is 10.4. The molecule has 0 saturated carbocycles. The van der Waals surface area contributed by atoms with Gasteiger partial charge in [-0.1, -0.05) is 30.7 Å². The van der Waals surface area contributed by atoms with Crippen molar-refractivity contribution in [3.05, 3.63) is 47.1 Å². The molecular weight excluding hydrogens is 288 g/mol. The van der Waals surface area contributed by atoms with E-state index in [9.17, 15) is 0 Å². The van der Waals surface area contributed by atoms with Crippen molar-refractivity contribution in [1.82, 2.24) is 10.3 Å². The molecule has 112 valence electrons. The summed E-state index contributed by atoms with van der Waals surface area (Å²) in [4.78, 5) is 4.43. The highest BCUT2D eigenvalue weighted by Crippen LogP contribution is 2.31. The molecule has 0 saturated heterocycles. The topological polar surface area (TPSA) is 43.4 Å². The maximum atomic E-state index is 6.13. The van der Waals surface area contributed by atoms with Crippen molar-refractivity contribution in [1.29, 1.82) is 0 Å². The van der Waals surface area contributed by atoms with Crippen LogP contribution in [0.1, 0.15) is 19.5 Å². The summed E-state index contributed by atoms with van der Waals surface area (Å²) in [6, 6.07) is 11.1. The third kappa shape index (κ3) is 4.34. The molecule has 1 heterocycles. The van der Waals surface area contributed by atoms with Gasteiger partial charge < -0.3 is 14.8 Å². The Kier molecular flexibility index (Phi) is 5.84. The number of rotatable bonds is 7. The molecule has 0 aliphatic rings. The van der Waals surface area contributed by atoms with E-state index in [2.05, 4.69) is 10.3 Å². The SMILES string of the molecule is CCNCc1nc(Oc2ccccc2OCC)ccc1Cl. The van der Waals surface area contributed by atoms with Gasteiger partial charge in [0.25, 0.3) is 0 Å². The number of para-hydroxylation sites is 2. The first-order chi connectivity index (χ1) is 10.2. The summed E-state index contributed by atoms with van der Waals surface area (Å²) in [5.41, 5.74) is 0.768. The Hall–Kier alpha value is -1.78. The van der Waals surface area contributed by atoms with Crippen LogP contribution in [0.25, 0.3) is 0 Å². The Labute approximate surface area is 130 Å². The molecule has 0 unspecified atom stereocenters. The van der Waals surface area contributed by atoms with Crippen molar-refractivity contribution < 1.29 is 9.47 Å². The van der Waals surface area contributed by atoms with Crippen LogP contribution in [0.15, 0.2) is 36.4 Å². The van der Waals surface area contributed by atoms with Crippen LogP contribution in [0, 0.1) is 0 Å². The molecule has 2 aromatic rings. The second kappa shape index (κ2) is 7.86. The summed E-state index contributed by atoms with van der Waals surface area (Å²) in [5.74, 6) is 1.84. The first kappa shape index (κ1) is 15.6. The third-order valence-corrected chi connectivity index (χ3v) is 3.14. The Bertz CT molecular complexity index is 590. The largest absolute Gasteiger partial charge is 0.490 e. The lowest BCUT2D eigenvalue weighted by atomic mass is 10.3. The predicted octanol–water partition coefficient (Wildman–Crippen LogP) is 4.04. The van der Waals surface area contributed by atoms with Crippen LogP contribution in [0.2, 0.25) is 5.02 Å². The summed E-state index contributed by atoms with van der Waals surface area (Å²) < 4.78 is 11.4. The van der Waals surface area contributed by atoms with Gasteiger partial charge in [-0.2, -0.15) is 0 Å². The standard InChI is InChI=1S/C16H19ClN2O2/c1-3-18-11-13-12(17)9-10-16(19-13)21-15-8-6-5-7-14(15)20-4-2/h5-10,18H,3-4,11H2,1-2H3. The van der Waals surface area contributed by atoms with Gasteiger partial charge in [-0.3, -0.25) is 0 Å². The first-order valence-electron chi connectivity index (χ1n) is 7.00. The van der Waals surface area contributed by atoms with E-state index in [1.165, 1.54) is 0 Å². The molecule has 0 spiro atoms. The molecule has 0 aliphatic carbocycles. The summed E-state index contributed by atoms with van der Waals surface area (Å²) in [6.07, 6.45) is 0. The lowest BCUT2D eigenvalue weighted by molar-refractivity contribution is 0.319. The van der Waals surface area contributed by atoms with E-state index >= 15 is 0 Å². The lowest BCUT2D eigenvalue weighted by Crippen LogP contribution is -2.13. The highest BCUT2D eigenvalue weighted by molar-refractivity contribution is 6.31. The van der Waals surface area contributed by atoms with Crippen molar-refractivity contribution >= 4 is 11.6 Å². The molecule has 1 aromatic carbocycles. The van der Waals surface area contributed by atoms with Gasteiger partial charge in [0.1, 0.15) is 0 Å². The third-order valence-electron chi connectivity index (χ3n) is 2.80. The fourth-order valence-corrected chi connectivity index (χ4v) is 1.98. The summed E-state index contributed by atoms with van der Waals surface area (Å²) in [6.45, 7) is 6.02. The van der Waals surface area contributed by atoms with Crippen LogP contribution in [-0.2, 0) is 6.54 Å². The second-order valence-corrected chi connectivity index (χ2v) is 4.75. The zero-order valence-electron chi connectivity index (χ0n) is 12.2. The Morgan fingerprint density at radius 1 is 1.10 bits per heavy atom. The Morgan fingerprint density at radius 3 is 2.57 bits per heavy atom. The van der Waals surface area contributed by atoms with E-state index in [0.29, 0.717) is 35.6 Å². The zero-order valence-corrected chi connectivity index (χ0v) is 13.0. The number of hydrogen-bond donors (Lipinski definition) is 1. The van der Waals surface area contributed by atoms with Crippen molar-refractivity contribution in [2.45, 2.75) is 20.4 Å². The molecule has 0 atom stereocenters. The minimum atomic E-state index is 0.499. The van der Waals surface area contributed by atoms with Crippen LogP contribution >= 0.6 is 11.6 Å². The number of hydrogen-bond acceptors (Lipinski definition) is 4. The average molecular weight is 307 g/mol. The lowest BCUT2D eigenvalue weighted by Gasteiger charge is -2.12. The summed E-state index contributed by atoms with van der Waals surface area (Å²) in [7, 11) is 0. The van der Waals surface area contributed by atoms with Crippen molar-refractivity contribution in [3.8, 4) is 17.4 Å².